The van der Waals surface area contributed by atoms with Gasteiger partial charge in [0, 0.05) is 12.5 Å². The first-order valence-electron chi connectivity index (χ1n) is 8.54. The number of aliphatic carboxylic acids is 1. The molecule has 25 heavy (non-hydrogen) atoms. The highest BCUT2D eigenvalue weighted by molar-refractivity contribution is 5.79. The average molecular weight is 341 g/mol. The number of phenolic OH excluding ortho intramolecular Hbond substituents is 2. The van der Waals surface area contributed by atoms with E-state index in [1.807, 2.05) is 13.0 Å². The Hall–Kier alpha value is -2.53. The van der Waals surface area contributed by atoms with Gasteiger partial charge >= 0.3 is 5.97 Å². The van der Waals surface area contributed by atoms with Crippen LogP contribution in [0.1, 0.15) is 42.5 Å². The number of carbonyl (C=O) groups is 1. The van der Waals surface area contributed by atoms with Crippen molar-refractivity contribution in [3.63, 3.8) is 0 Å². The van der Waals surface area contributed by atoms with Crippen LogP contribution in [-0.4, -0.2) is 26.8 Å². The number of hydrogen-bond acceptors (Lipinski definition) is 4. The lowest BCUT2D eigenvalue weighted by Gasteiger charge is -2.33. The lowest BCUT2D eigenvalue weighted by atomic mass is 9.86. The number of fused-ring (bicyclic) bond motifs is 1. The molecule has 0 saturated heterocycles. The first-order valence-corrected chi connectivity index (χ1v) is 8.54. The first-order chi connectivity index (χ1) is 11.9. The van der Waals surface area contributed by atoms with Crippen LogP contribution >= 0.6 is 0 Å². The summed E-state index contributed by atoms with van der Waals surface area (Å²) < 4.78 is 0. The Morgan fingerprint density at radius 3 is 2.48 bits per heavy atom. The van der Waals surface area contributed by atoms with Gasteiger partial charge < -0.3 is 15.3 Å². The predicted octanol–water partition coefficient (Wildman–Crippen LogP) is 3.15. The van der Waals surface area contributed by atoms with Gasteiger partial charge in [0.25, 0.3) is 0 Å². The lowest BCUT2D eigenvalue weighted by molar-refractivity contribution is -0.145. The highest BCUT2D eigenvalue weighted by atomic mass is 16.4. The van der Waals surface area contributed by atoms with Crippen LogP contribution in [0, 0.1) is 0 Å². The van der Waals surface area contributed by atoms with Gasteiger partial charge in [-0.1, -0.05) is 25.1 Å². The van der Waals surface area contributed by atoms with E-state index < -0.39 is 11.5 Å². The zero-order valence-corrected chi connectivity index (χ0v) is 14.2. The molecule has 1 aliphatic rings. The van der Waals surface area contributed by atoms with E-state index >= 15 is 0 Å². The Morgan fingerprint density at radius 2 is 1.84 bits per heavy atom. The van der Waals surface area contributed by atoms with E-state index in [0.29, 0.717) is 12.8 Å². The molecule has 132 valence electrons. The second-order valence-corrected chi connectivity index (χ2v) is 6.70. The molecule has 0 aromatic heterocycles. The summed E-state index contributed by atoms with van der Waals surface area (Å²) in [7, 11) is 0. The third kappa shape index (κ3) is 3.46. The van der Waals surface area contributed by atoms with Crippen LogP contribution in [0.4, 0.5) is 0 Å². The topological polar surface area (TPSA) is 89.8 Å². The van der Waals surface area contributed by atoms with Crippen LogP contribution in [0.3, 0.4) is 0 Å². The van der Waals surface area contributed by atoms with E-state index in [4.69, 9.17) is 0 Å². The Morgan fingerprint density at radius 1 is 1.16 bits per heavy atom. The number of hydrogen-bond donors (Lipinski definition) is 4. The molecule has 0 radical (unpaired) electrons. The highest BCUT2D eigenvalue weighted by Gasteiger charge is 2.40. The molecular formula is C20H23NO4. The molecule has 1 aliphatic carbocycles. The van der Waals surface area contributed by atoms with E-state index in [1.54, 1.807) is 36.4 Å². The Balaban J connectivity index is 1.87. The number of aromatic hydroxyl groups is 2. The maximum atomic E-state index is 12.1. The minimum Gasteiger partial charge on any atom is -0.508 e. The standard InChI is InChI=1S/C20H23NO4/c1-2-20(19(24)25,12-13-3-6-15(22)7-4-13)21-18-10-5-14-11-16(23)8-9-17(14)18/h3-4,6-9,11,18,21-23H,2,5,10,12H2,1H3,(H,24,25). The summed E-state index contributed by atoms with van der Waals surface area (Å²) in [5.41, 5.74) is 1.90. The number of phenols is 2. The molecule has 2 unspecified atom stereocenters. The van der Waals surface area contributed by atoms with Crippen LogP contribution < -0.4 is 5.32 Å². The summed E-state index contributed by atoms with van der Waals surface area (Å²) in [5.74, 6) is -0.475. The fourth-order valence-corrected chi connectivity index (χ4v) is 3.62. The van der Waals surface area contributed by atoms with Crippen molar-refractivity contribution in [1.82, 2.24) is 5.32 Å². The molecule has 5 heteroatoms. The van der Waals surface area contributed by atoms with Gasteiger partial charge in [-0.3, -0.25) is 10.1 Å². The Bertz CT molecular complexity index is 772. The molecule has 2 aromatic carbocycles. The van der Waals surface area contributed by atoms with Crippen LogP contribution in [0.25, 0.3) is 0 Å². The monoisotopic (exact) mass is 341 g/mol. The van der Waals surface area contributed by atoms with Gasteiger partial charge in [0.1, 0.15) is 17.0 Å². The minimum absolute atomic E-state index is 0.0521. The van der Waals surface area contributed by atoms with Crippen LogP contribution in [0.5, 0.6) is 11.5 Å². The quantitative estimate of drug-likeness (QED) is 0.648. The molecule has 0 spiro atoms. The van der Waals surface area contributed by atoms with E-state index in [1.165, 1.54) is 0 Å². The van der Waals surface area contributed by atoms with Crippen molar-refractivity contribution < 1.29 is 20.1 Å². The van der Waals surface area contributed by atoms with Crippen LogP contribution in [-0.2, 0) is 17.6 Å². The number of carboxylic acid groups (broad SMARTS) is 1. The molecule has 0 heterocycles. The molecule has 4 N–H and O–H groups in total. The number of benzene rings is 2. The fourth-order valence-electron chi connectivity index (χ4n) is 3.62. The Kier molecular flexibility index (Phi) is 4.68. The van der Waals surface area contributed by atoms with Gasteiger partial charge in [0.05, 0.1) is 0 Å². The van der Waals surface area contributed by atoms with Gasteiger partial charge in [-0.25, -0.2) is 0 Å². The van der Waals surface area contributed by atoms with Crippen molar-refractivity contribution in [2.75, 3.05) is 0 Å². The molecule has 2 aromatic rings. The largest absolute Gasteiger partial charge is 0.508 e. The van der Waals surface area contributed by atoms with E-state index in [2.05, 4.69) is 5.32 Å². The molecule has 5 nitrogen and oxygen atoms in total. The number of rotatable bonds is 6. The lowest BCUT2D eigenvalue weighted by Crippen LogP contribution is -2.54. The second kappa shape index (κ2) is 6.76. The van der Waals surface area contributed by atoms with Crippen LogP contribution in [0.2, 0.25) is 0 Å². The molecule has 0 amide bonds. The van der Waals surface area contributed by atoms with Crippen molar-refractivity contribution in [2.24, 2.45) is 0 Å². The van der Waals surface area contributed by atoms with Crippen molar-refractivity contribution in [3.05, 3.63) is 59.2 Å². The number of aryl methyl sites for hydroxylation is 1. The summed E-state index contributed by atoms with van der Waals surface area (Å²) in [6, 6.07) is 11.9. The van der Waals surface area contributed by atoms with Gasteiger partial charge in [-0.2, -0.15) is 0 Å². The molecule has 0 aliphatic heterocycles. The predicted molar refractivity (Wildman–Crippen MR) is 94.8 cm³/mol. The summed E-state index contributed by atoms with van der Waals surface area (Å²) in [6.45, 7) is 1.87. The summed E-state index contributed by atoms with van der Waals surface area (Å²) in [6.07, 6.45) is 2.40. The maximum absolute atomic E-state index is 12.1. The zero-order chi connectivity index (χ0) is 18.0. The minimum atomic E-state index is -1.08. The van der Waals surface area contributed by atoms with Crippen LogP contribution in [0.15, 0.2) is 42.5 Å². The number of nitrogens with one attached hydrogen (secondary N) is 1. The van der Waals surface area contributed by atoms with Gasteiger partial charge in [-0.05, 0) is 60.2 Å². The van der Waals surface area contributed by atoms with E-state index in [0.717, 1.165) is 29.5 Å². The van der Waals surface area contributed by atoms with E-state index in [9.17, 15) is 20.1 Å². The fraction of sp³-hybridized carbons (Fsp3) is 0.350. The molecule has 3 rings (SSSR count). The van der Waals surface area contributed by atoms with Gasteiger partial charge in [-0.15, -0.1) is 0 Å². The number of carboxylic acids is 1. The summed E-state index contributed by atoms with van der Waals surface area (Å²) in [5, 5.41) is 32.4. The molecular weight excluding hydrogens is 318 g/mol. The summed E-state index contributed by atoms with van der Waals surface area (Å²) in [4.78, 5) is 12.1. The second-order valence-electron chi connectivity index (χ2n) is 6.70. The van der Waals surface area contributed by atoms with Gasteiger partial charge in [0.15, 0.2) is 0 Å². The molecule has 0 bridgehead atoms. The Labute approximate surface area is 146 Å². The smallest absolute Gasteiger partial charge is 0.324 e. The van der Waals surface area contributed by atoms with E-state index in [-0.39, 0.29) is 17.5 Å². The molecule has 0 saturated carbocycles. The molecule has 2 atom stereocenters. The van der Waals surface area contributed by atoms with Crippen molar-refractivity contribution >= 4 is 5.97 Å². The average Bonchev–Trinajstić information content (AvgIpc) is 2.97. The highest BCUT2D eigenvalue weighted by Crippen LogP contribution is 2.36. The summed E-state index contributed by atoms with van der Waals surface area (Å²) >= 11 is 0. The van der Waals surface area contributed by atoms with Gasteiger partial charge in [0.2, 0.25) is 0 Å². The third-order valence-electron chi connectivity index (χ3n) is 5.11. The maximum Gasteiger partial charge on any atom is 0.324 e. The van der Waals surface area contributed by atoms with Crippen molar-refractivity contribution in [2.45, 2.75) is 44.2 Å². The normalized spacial score (nSPS) is 18.5. The third-order valence-corrected chi connectivity index (χ3v) is 5.11. The van der Waals surface area contributed by atoms with Crippen molar-refractivity contribution in [1.29, 1.82) is 0 Å². The SMILES string of the molecule is CCC(Cc1ccc(O)cc1)(NC1CCc2cc(O)ccc21)C(=O)O. The first kappa shape index (κ1) is 17.3. The van der Waals surface area contributed by atoms with Crippen molar-refractivity contribution in [3.8, 4) is 11.5 Å². The molecule has 0 fully saturated rings. The zero-order valence-electron chi connectivity index (χ0n) is 14.2.